The molecule has 2 N–H and O–H groups in total. The fraction of sp³-hybridized carbons (Fsp3) is 0.400. The van der Waals surface area contributed by atoms with Gasteiger partial charge in [-0.25, -0.2) is 9.69 Å². The Hall–Kier alpha value is -3.56. The molecule has 4 amide bonds. The Morgan fingerprint density at radius 2 is 2.10 bits per heavy atom. The van der Waals surface area contributed by atoms with Crippen molar-refractivity contribution in [2.75, 3.05) is 20.2 Å². The number of hydrogen-bond acceptors (Lipinski definition) is 6. The van der Waals surface area contributed by atoms with Crippen LogP contribution in [0.2, 0.25) is 0 Å². The van der Waals surface area contributed by atoms with E-state index in [1.54, 1.807) is 14.0 Å². The van der Waals surface area contributed by atoms with E-state index in [-0.39, 0.29) is 0 Å². The maximum Gasteiger partial charge on any atom is 0.328 e. The van der Waals surface area contributed by atoms with Crippen LogP contribution in [0.3, 0.4) is 0 Å². The van der Waals surface area contributed by atoms with E-state index >= 15 is 0 Å². The molecule has 1 saturated heterocycles. The Balaban J connectivity index is 1.74. The van der Waals surface area contributed by atoms with Crippen molar-refractivity contribution in [2.24, 2.45) is 0 Å². The summed E-state index contributed by atoms with van der Waals surface area (Å²) in [6, 6.07) is 3.80. The number of aromatic amines is 1. The maximum atomic E-state index is 13.4. The molecule has 0 spiro atoms. The van der Waals surface area contributed by atoms with Crippen LogP contribution in [0.5, 0.6) is 5.75 Å². The molecule has 2 aliphatic heterocycles. The molecule has 2 aromatic rings. The number of rotatable bonds is 5. The summed E-state index contributed by atoms with van der Waals surface area (Å²) in [5.41, 5.74) is 1.07. The van der Waals surface area contributed by atoms with E-state index in [9.17, 15) is 24.3 Å². The Morgan fingerprint density at radius 1 is 1.37 bits per heavy atom. The number of benzene rings is 1. The first-order valence-corrected chi connectivity index (χ1v) is 9.52. The average Bonchev–Trinajstić information content (AvgIpc) is 3.19. The number of urea groups is 1. The van der Waals surface area contributed by atoms with Crippen LogP contribution in [0.1, 0.15) is 25.1 Å². The fourth-order valence-corrected chi connectivity index (χ4v) is 4.34. The van der Waals surface area contributed by atoms with Gasteiger partial charge in [0.2, 0.25) is 5.91 Å². The van der Waals surface area contributed by atoms with Gasteiger partial charge in [-0.2, -0.15) is 0 Å². The molecule has 3 heterocycles. The molecule has 0 radical (unpaired) electrons. The number of aliphatic carboxylic acids is 1. The highest BCUT2D eigenvalue weighted by Crippen LogP contribution is 2.45. The zero-order valence-corrected chi connectivity index (χ0v) is 16.8. The number of nitrogens with one attached hydrogen (secondary N) is 2. The summed E-state index contributed by atoms with van der Waals surface area (Å²) in [4.78, 5) is 55.0. The lowest BCUT2D eigenvalue weighted by molar-refractivity contribution is -0.304. The van der Waals surface area contributed by atoms with Crippen molar-refractivity contribution < 1.29 is 29.0 Å². The first-order chi connectivity index (χ1) is 14.2. The van der Waals surface area contributed by atoms with Gasteiger partial charge in [0.25, 0.3) is 5.91 Å². The van der Waals surface area contributed by atoms with E-state index < -0.39 is 41.9 Å². The third-order valence-electron chi connectivity index (χ3n) is 5.97. The van der Waals surface area contributed by atoms with Crippen LogP contribution < -0.4 is 15.2 Å². The summed E-state index contributed by atoms with van der Waals surface area (Å²) >= 11 is 0. The van der Waals surface area contributed by atoms with Crippen molar-refractivity contribution in [3.05, 3.63) is 29.5 Å². The molecular formula is C20H21N4O6-. The van der Waals surface area contributed by atoms with Crippen LogP contribution in [-0.4, -0.2) is 64.8 Å². The van der Waals surface area contributed by atoms with E-state index in [0.29, 0.717) is 24.4 Å². The van der Waals surface area contributed by atoms with Gasteiger partial charge >= 0.3 is 6.03 Å². The summed E-state index contributed by atoms with van der Waals surface area (Å²) in [6.07, 6.45) is 0.538. The number of aromatic nitrogens is 1. The molecule has 158 valence electrons. The van der Waals surface area contributed by atoms with Gasteiger partial charge in [0.05, 0.1) is 25.3 Å². The minimum Gasteiger partial charge on any atom is -0.548 e. The summed E-state index contributed by atoms with van der Waals surface area (Å²) < 4.78 is 5.30. The second kappa shape index (κ2) is 6.75. The zero-order chi connectivity index (χ0) is 21.8. The zero-order valence-electron chi connectivity index (χ0n) is 16.8. The quantitative estimate of drug-likeness (QED) is 0.633. The molecule has 2 atom stereocenters. The summed E-state index contributed by atoms with van der Waals surface area (Å²) in [5.74, 6) is -2.06. The van der Waals surface area contributed by atoms with Crippen molar-refractivity contribution in [3.8, 4) is 5.75 Å². The highest BCUT2D eigenvalue weighted by molar-refractivity contribution is 6.11. The standard InChI is InChI=1S/C20H22N4O6/c1-10(17(27)21-9-15(25)26)24-18(28)20(2)16-12(6-7-23(20)19(24)29)13-8-11(30-3)4-5-14(13)22-16/h4-5,8,10,22H,6-7,9H2,1-3H3,(H,21,27)(H,25,26)/p-1/t10-,20-/m0/s1. The molecule has 1 aromatic heterocycles. The number of fused-ring (bicyclic) bond motifs is 5. The van der Waals surface area contributed by atoms with Gasteiger partial charge in [-0.1, -0.05) is 0 Å². The Bertz CT molecular complexity index is 1090. The molecule has 1 fully saturated rings. The monoisotopic (exact) mass is 413 g/mol. The highest BCUT2D eigenvalue weighted by Gasteiger charge is 2.60. The lowest BCUT2D eigenvalue weighted by Gasteiger charge is -2.36. The van der Waals surface area contributed by atoms with Gasteiger partial charge in [0.1, 0.15) is 11.8 Å². The topological polar surface area (TPSA) is 135 Å². The number of carbonyl (C=O) groups is 4. The molecule has 2 aliphatic rings. The fourth-order valence-electron chi connectivity index (χ4n) is 4.34. The molecule has 0 bridgehead atoms. The van der Waals surface area contributed by atoms with Gasteiger partial charge in [0.15, 0.2) is 5.54 Å². The second-order valence-electron chi connectivity index (χ2n) is 7.59. The average molecular weight is 413 g/mol. The largest absolute Gasteiger partial charge is 0.548 e. The SMILES string of the molecule is COc1ccc2[nH]c3c(c2c1)CCN1C(=O)N([C@@H](C)C(=O)NCC(=O)[O-])C(=O)[C@]31C. The van der Waals surface area contributed by atoms with Gasteiger partial charge in [-0.15, -0.1) is 0 Å². The Kier molecular flexibility index (Phi) is 4.44. The smallest absolute Gasteiger partial charge is 0.328 e. The van der Waals surface area contributed by atoms with Crippen LogP contribution in [0.4, 0.5) is 4.79 Å². The third kappa shape index (κ3) is 2.63. The predicted octanol–water partition coefficient (Wildman–Crippen LogP) is -0.533. The lowest BCUT2D eigenvalue weighted by Crippen LogP contribution is -2.51. The normalized spacial score (nSPS) is 21.4. The van der Waals surface area contributed by atoms with E-state index in [1.165, 1.54) is 11.8 Å². The number of hydrogen-bond donors (Lipinski definition) is 2. The number of carbonyl (C=O) groups excluding carboxylic acids is 4. The lowest BCUT2D eigenvalue weighted by atomic mass is 9.87. The molecule has 30 heavy (non-hydrogen) atoms. The molecular weight excluding hydrogens is 392 g/mol. The minimum absolute atomic E-state index is 0.308. The molecule has 0 saturated carbocycles. The third-order valence-corrected chi connectivity index (χ3v) is 5.97. The number of nitrogens with zero attached hydrogens (tertiary/aromatic N) is 2. The predicted molar refractivity (Wildman–Crippen MR) is 102 cm³/mol. The highest BCUT2D eigenvalue weighted by atomic mass is 16.5. The van der Waals surface area contributed by atoms with Gasteiger partial charge in [-0.3, -0.25) is 9.59 Å². The van der Waals surface area contributed by atoms with E-state index in [1.807, 2.05) is 18.2 Å². The number of amides is 4. The first-order valence-electron chi connectivity index (χ1n) is 9.52. The van der Waals surface area contributed by atoms with Crippen LogP contribution >= 0.6 is 0 Å². The maximum absolute atomic E-state index is 13.4. The van der Waals surface area contributed by atoms with Crippen molar-refractivity contribution >= 4 is 34.7 Å². The molecule has 10 nitrogen and oxygen atoms in total. The van der Waals surface area contributed by atoms with E-state index in [4.69, 9.17) is 4.74 Å². The Morgan fingerprint density at radius 3 is 2.77 bits per heavy atom. The van der Waals surface area contributed by atoms with Gasteiger partial charge in [0, 0.05) is 17.4 Å². The number of carboxylic acids is 1. The first kappa shape index (κ1) is 19.7. The molecule has 0 unspecified atom stereocenters. The summed E-state index contributed by atoms with van der Waals surface area (Å²) in [5, 5.41) is 13.7. The van der Waals surface area contributed by atoms with E-state index in [0.717, 1.165) is 21.4 Å². The van der Waals surface area contributed by atoms with Crippen molar-refractivity contribution in [1.82, 2.24) is 20.1 Å². The van der Waals surface area contributed by atoms with Gasteiger partial charge in [-0.05, 0) is 44.0 Å². The minimum atomic E-state index is -1.46. The molecule has 1 aromatic carbocycles. The van der Waals surface area contributed by atoms with E-state index in [2.05, 4.69) is 10.3 Å². The van der Waals surface area contributed by atoms with Crippen LogP contribution in [-0.2, 0) is 26.3 Å². The summed E-state index contributed by atoms with van der Waals surface area (Å²) in [7, 11) is 1.58. The molecule has 0 aliphatic carbocycles. The molecule has 4 rings (SSSR count). The van der Waals surface area contributed by atoms with Gasteiger partial charge < -0.3 is 29.8 Å². The van der Waals surface area contributed by atoms with Crippen molar-refractivity contribution in [1.29, 1.82) is 0 Å². The number of ether oxygens (including phenoxy) is 1. The number of carboxylic acid groups (broad SMARTS) is 1. The van der Waals surface area contributed by atoms with Crippen LogP contribution in [0.15, 0.2) is 18.2 Å². The second-order valence-corrected chi connectivity index (χ2v) is 7.59. The van der Waals surface area contributed by atoms with Crippen molar-refractivity contribution in [3.63, 3.8) is 0 Å². The summed E-state index contributed by atoms with van der Waals surface area (Å²) in [6.45, 7) is 2.65. The molecule has 10 heteroatoms. The number of imide groups is 1. The van der Waals surface area contributed by atoms with Crippen LogP contribution in [0, 0.1) is 0 Å². The Labute approximate surface area is 171 Å². The number of H-pyrrole nitrogens is 1. The van der Waals surface area contributed by atoms with Crippen molar-refractivity contribution in [2.45, 2.75) is 31.8 Å². The van der Waals surface area contributed by atoms with Crippen LogP contribution in [0.25, 0.3) is 10.9 Å². The number of methoxy groups -OCH3 is 1.